The molecule has 4 rings (SSSR count). The summed E-state index contributed by atoms with van der Waals surface area (Å²) >= 11 is 0. The van der Waals surface area contributed by atoms with Gasteiger partial charge in [-0.05, 0) is 42.5 Å². The van der Waals surface area contributed by atoms with Crippen molar-refractivity contribution < 1.29 is 9.59 Å². The summed E-state index contributed by atoms with van der Waals surface area (Å²) in [7, 11) is 0. The molecule has 0 aliphatic rings. The molecule has 1 aromatic heterocycles. The molecule has 0 bridgehead atoms. The molecule has 0 radical (unpaired) electrons. The van der Waals surface area contributed by atoms with Crippen LogP contribution < -0.4 is 10.6 Å². The first-order valence-corrected chi connectivity index (χ1v) is 9.52. The lowest BCUT2D eigenvalue weighted by Gasteiger charge is -2.11. The molecule has 0 saturated heterocycles. The molecule has 0 aliphatic heterocycles. The zero-order valence-corrected chi connectivity index (χ0v) is 16.6. The van der Waals surface area contributed by atoms with Crippen LogP contribution in [-0.2, 0) is 9.59 Å². The average molecular weight is 396 g/mol. The SMILES string of the molecule is CC(=O)Nc1ccc(-c2nc(-c3ccccc3)c3ccc(NC(C)=O)cc3n2)cc1. The maximum atomic E-state index is 11.5. The zero-order valence-electron chi connectivity index (χ0n) is 16.6. The summed E-state index contributed by atoms with van der Waals surface area (Å²) in [6.07, 6.45) is 0. The second-order valence-electron chi connectivity index (χ2n) is 6.93. The summed E-state index contributed by atoms with van der Waals surface area (Å²) < 4.78 is 0. The summed E-state index contributed by atoms with van der Waals surface area (Å²) in [6, 6.07) is 22.9. The fourth-order valence-electron chi connectivity index (χ4n) is 3.26. The smallest absolute Gasteiger partial charge is 0.221 e. The minimum Gasteiger partial charge on any atom is -0.326 e. The quantitative estimate of drug-likeness (QED) is 0.515. The first-order chi connectivity index (χ1) is 14.5. The number of carbonyl (C=O) groups excluding carboxylic acids is 2. The molecule has 3 aromatic carbocycles. The highest BCUT2D eigenvalue weighted by Crippen LogP contribution is 2.31. The third-order valence-electron chi connectivity index (χ3n) is 4.53. The topological polar surface area (TPSA) is 84.0 Å². The predicted octanol–water partition coefficient (Wildman–Crippen LogP) is 4.88. The van der Waals surface area contributed by atoms with Crippen molar-refractivity contribution in [2.45, 2.75) is 13.8 Å². The van der Waals surface area contributed by atoms with Crippen LogP contribution in [0, 0.1) is 0 Å². The van der Waals surface area contributed by atoms with E-state index >= 15 is 0 Å². The number of benzene rings is 3. The summed E-state index contributed by atoms with van der Waals surface area (Å²) in [5, 5.41) is 6.45. The van der Waals surface area contributed by atoms with Crippen LogP contribution in [-0.4, -0.2) is 21.8 Å². The van der Waals surface area contributed by atoms with E-state index < -0.39 is 0 Å². The molecule has 1 heterocycles. The van der Waals surface area contributed by atoms with Gasteiger partial charge in [-0.1, -0.05) is 30.3 Å². The number of nitrogens with zero attached hydrogens (tertiary/aromatic N) is 2. The highest BCUT2D eigenvalue weighted by atomic mass is 16.2. The van der Waals surface area contributed by atoms with Crippen molar-refractivity contribution in [3.8, 4) is 22.6 Å². The second kappa shape index (κ2) is 8.13. The summed E-state index contributed by atoms with van der Waals surface area (Å²) in [5.74, 6) is 0.303. The Labute approximate surface area is 174 Å². The first-order valence-electron chi connectivity index (χ1n) is 9.52. The molecule has 30 heavy (non-hydrogen) atoms. The Balaban J connectivity index is 1.86. The van der Waals surface area contributed by atoms with Gasteiger partial charge in [-0.2, -0.15) is 0 Å². The number of amides is 2. The molecule has 0 fully saturated rings. The van der Waals surface area contributed by atoms with Crippen LogP contribution >= 0.6 is 0 Å². The number of hydrogen-bond donors (Lipinski definition) is 2. The molecule has 6 heteroatoms. The Bertz CT molecular complexity index is 1240. The molecule has 2 N–H and O–H groups in total. The number of nitrogens with one attached hydrogen (secondary N) is 2. The maximum Gasteiger partial charge on any atom is 0.221 e. The van der Waals surface area contributed by atoms with Gasteiger partial charge >= 0.3 is 0 Å². The van der Waals surface area contributed by atoms with Gasteiger partial charge < -0.3 is 10.6 Å². The monoisotopic (exact) mass is 396 g/mol. The Morgan fingerprint density at radius 3 is 2.00 bits per heavy atom. The fraction of sp³-hybridized carbons (Fsp3) is 0.0833. The van der Waals surface area contributed by atoms with Gasteiger partial charge in [0.1, 0.15) is 0 Å². The minimum absolute atomic E-state index is 0.124. The minimum atomic E-state index is -0.138. The van der Waals surface area contributed by atoms with Gasteiger partial charge in [-0.15, -0.1) is 0 Å². The number of aromatic nitrogens is 2. The second-order valence-corrected chi connectivity index (χ2v) is 6.93. The molecule has 148 valence electrons. The third kappa shape index (κ3) is 4.17. The average Bonchev–Trinajstić information content (AvgIpc) is 2.73. The lowest BCUT2D eigenvalue weighted by atomic mass is 10.0. The molecule has 0 atom stereocenters. The van der Waals surface area contributed by atoms with E-state index in [4.69, 9.17) is 9.97 Å². The van der Waals surface area contributed by atoms with E-state index in [0.29, 0.717) is 17.2 Å². The zero-order chi connectivity index (χ0) is 21.1. The van der Waals surface area contributed by atoms with E-state index in [2.05, 4.69) is 10.6 Å². The van der Waals surface area contributed by atoms with E-state index in [0.717, 1.165) is 27.7 Å². The first kappa shape index (κ1) is 19.3. The Kier molecular flexibility index (Phi) is 5.22. The van der Waals surface area contributed by atoms with Crippen LogP contribution in [0.2, 0.25) is 0 Å². The van der Waals surface area contributed by atoms with Crippen LogP contribution in [0.15, 0.2) is 72.8 Å². The van der Waals surface area contributed by atoms with Crippen molar-refractivity contribution in [3.63, 3.8) is 0 Å². The number of anilines is 2. The number of rotatable bonds is 4. The highest BCUT2D eigenvalue weighted by Gasteiger charge is 2.12. The number of fused-ring (bicyclic) bond motifs is 1. The highest BCUT2D eigenvalue weighted by molar-refractivity contribution is 5.97. The van der Waals surface area contributed by atoms with Gasteiger partial charge in [-0.3, -0.25) is 9.59 Å². The van der Waals surface area contributed by atoms with Gasteiger partial charge in [0.25, 0.3) is 0 Å². The van der Waals surface area contributed by atoms with Crippen molar-refractivity contribution in [2.24, 2.45) is 0 Å². The fourth-order valence-corrected chi connectivity index (χ4v) is 3.26. The van der Waals surface area contributed by atoms with Crippen LogP contribution in [0.5, 0.6) is 0 Å². The van der Waals surface area contributed by atoms with Crippen LogP contribution in [0.1, 0.15) is 13.8 Å². The molecule has 2 amide bonds. The summed E-state index contributed by atoms with van der Waals surface area (Å²) in [4.78, 5) is 32.3. The molecular weight excluding hydrogens is 376 g/mol. The third-order valence-corrected chi connectivity index (χ3v) is 4.53. The Morgan fingerprint density at radius 1 is 0.700 bits per heavy atom. The molecule has 0 unspecified atom stereocenters. The van der Waals surface area contributed by atoms with E-state index in [9.17, 15) is 9.59 Å². The molecule has 0 spiro atoms. The van der Waals surface area contributed by atoms with Gasteiger partial charge in [0.05, 0.1) is 11.2 Å². The van der Waals surface area contributed by atoms with Gasteiger partial charge in [0, 0.05) is 41.7 Å². The lowest BCUT2D eigenvalue weighted by molar-refractivity contribution is -0.115. The van der Waals surface area contributed by atoms with Crippen molar-refractivity contribution in [2.75, 3.05) is 10.6 Å². The summed E-state index contributed by atoms with van der Waals surface area (Å²) in [5.41, 5.74) is 4.75. The molecule has 6 nitrogen and oxygen atoms in total. The number of carbonyl (C=O) groups is 2. The Hall–Kier alpha value is -4.06. The van der Waals surface area contributed by atoms with Gasteiger partial charge in [0.15, 0.2) is 5.82 Å². The molecule has 4 aromatic rings. The van der Waals surface area contributed by atoms with E-state index in [1.807, 2.05) is 72.8 Å². The molecule has 0 aliphatic carbocycles. The van der Waals surface area contributed by atoms with Crippen LogP contribution in [0.25, 0.3) is 33.5 Å². The van der Waals surface area contributed by atoms with E-state index in [-0.39, 0.29) is 11.8 Å². The van der Waals surface area contributed by atoms with Crippen molar-refractivity contribution in [1.29, 1.82) is 0 Å². The number of hydrogen-bond acceptors (Lipinski definition) is 4. The van der Waals surface area contributed by atoms with E-state index in [1.165, 1.54) is 13.8 Å². The molecular formula is C24H20N4O2. The largest absolute Gasteiger partial charge is 0.326 e. The summed E-state index contributed by atoms with van der Waals surface area (Å²) in [6.45, 7) is 2.95. The van der Waals surface area contributed by atoms with Crippen molar-refractivity contribution >= 4 is 34.1 Å². The predicted molar refractivity (Wildman–Crippen MR) is 119 cm³/mol. The van der Waals surface area contributed by atoms with Gasteiger partial charge in [0.2, 0.25) is 11.8 Å². The lowest BCUT2D eigenvalue weighted by Crippen LogP contribution is -2.06. The van der Waals surface area contributed by atoms with E-state index in [1.54, 1.807) is 0 Å². The molecule has 0 saturated carbocycles. The maximum absolute atomic E-state index is 11.5. The van der Waals surface area contributed by atoms with Crippen molar-refractivity contribution in [3.05, 3.63) is 72.8 Å². The van der Waals surface area contributed by atoms with Crippen LogP contribution in [0.3, 0.4) is 0 Å². The normalized spacial score (nSPS) is 10.6. The van der Waals surface area contributed by atoms with Crippen molar-refractivity contribution in [1.82, 2.24) is 9.97 Å². The van der Waals surface area contributed by atoms with Gasteiger partial charge in [-0.25, -0.2) is 9.97 Å². The van der Waals surface area contributed by atoms with Crippen LogP contribution in [0.4, 0.5) is 11.4 Å². The Morgan fingerprint density at radius 2 is 1.33 bits per heavy atom. The standard InChI is InChI=1S/C24H20N4O2/c1-15(29)25-19-10-8-18(9-11-19)24-27-22-14-20(26-16(2)30)12-13-21(22)23(28-24)17-6-4-3-5-7-17/h3-14H,1-2H3,(H,25,29)(H,26,30).